The van der Waals surface area contributed by atoms with Crippen molar-refractivity contribution in [1.82, 2.24) is 5.32 Å². The van der Waals surface area contributed by atoms with Gasteiger partial charge in [-0.25, -0.2) is 0 Å². The van der Waals surface area contributed by atoms with E-state index in [1.807, 2.05) is 0 Å². The number of hydrogen-bond donors (Lipinski definition) is 2. The molecule has 0 fully saturated rings. The number of carbonyl (C=O) groups excluding carboxylic acids is 1. The van der Waals surface area contributed by atoms with E-state index in [9.17, 15) is 4.79 Å². The maximum absolute atomic E-state index is 10.8. The van der Waals surface area contributed by atoms with Gasteiger partial charge < -0.3 is 11.1 Å². The van der Waals surface area contributed by atoms with Crippen molar-refractivity contribution >= 4 is 12.0 Å². The number of rotatable bonds is 2. The fourth-order valence-electron chi connectivity index (χ4n) is 0.647. The van der Waals surface area contributed by atoms with Gasteiger partial charge in [0.05, 0.1) is 6.54 Å². The average Bonchev–Trinajstić information content (AvgIpc) is 2.05. The Hall–Kier alpha value is -1.16. The quantitative estimate of drug-likeness (QED) is 0.517. The second kappa shape index (κ2) is 3.12. The second-order valence-electron chi connectivity index (χ2n) is 1.88. The number of nitrogens with one attached hydrogen (secondary N) is 1. The molecule has 0 saturated heterocycles. The van der Waals surface area contributed by atoms with Crippen molar-refractivity contribution in [3.05, 3.63) is 11.9 Å². The zero-order valence-corrected chi connectivity index (χ0v) is 5.50. The first-order valence-corrected chi connectivity index (χ1v) is 3.04. The number of carbonyl (C=O) groups is 1. The van der Waals surface area contributed by atoms with Crippen molar-refractivity contribution in [3.8, 4) is 0 Å². The predicted molar refractivity (Wildman–Crippen MR) is 38.6 cm³/mol. The van der Waals surface area contributed by atoms with Crippen molar-refractivity contribution in [2.24, 2.45) is 10.7 Å². The van der Waals surface area contributed by atoms with Crippen molar-refractivity contribution in [2.45, 2.75) is 0 Å². The summed E-state index contributed by atoms with van der Waals surface area (Å²) >= 11 is 0. The summed E-state index contributed by atoms with van der Waals surface area (Å²) in [6.45, 7) is 0.701. The van der Waals surface area contributed by atoms with Gasteiger partial charge in [0.15, 0.2) is 5.78 Å². The number of aliphatic imine (C=N–C) groups is 1. The Morgan fingerprint density at radius 1 is 1.90 bits per heavy atom. The minimum atomic E-state index is -0.136. The zero-order chi connectivity index (χ0) is 7.40. The molecule has 1 heterocycles. The molecular weight excluding hydrogens is 130 g/mol. The summed E-state index contributed by atoms with van der Waals surface area (Å²) in [5.74, 6) is -0.136. The molecule has 1 aliphatic rings. The Labute approximate surface area is 58.8 Å². The molecule has 3 N–H and O–H groups in total. The smallest absolute Gasteiger partial charge is 0.196 e. The van der Waals surface area contributed by atoms with E-state index in [1.165, 1.54) is 0 Å². The molecular formula is C6H9N3O. The number of hydrogen-bond acceptors (Lipinski definition) is 4. The minimum Gasteiger partial charge on any atom is -0.384 e. The van der Waals surface area contributed by atoms with Crippen LogP contribution in [-0.2, 0) is 4.79 Å². The zero-order valence-electron chi connectivity index (χ0n) is 5.50. The van der Waals surface area contributed by atoms with E-state index >= 15 is 0 Å². The first kappa shape index (κ1) is 6.95. The summed E-state index contributed by atoms with van der Waals surface area (Å²) in [7, 11) is 0. The van der Waals surface area contributed by atoms with Crippen LogP contribution in [0.1, 0.15) is 0 Å². The first-order chi connectivity index (χ1) is 4.84. The highest BCUT2D eigenvalue weighted by Crippen LogP contribution is 1.97. The van der Waals surface area contributed by atoms with Crippen LogP contribution in [0.3, 0.4) is 0 Å². The third-order valence-corrected chi connectivity index (χ3v) is 1.15. The second-order valence-corrected chi connectivity index (χ2v) is 1.88. The Bertz CT molecular complexity index is 195. The van der Waals surface area contributed by atoms with Crippen LogP contribution >= 0.6 is 0 Å². The first-order valence-electron chi connectivity index (χ1n) is 3.04. The van der Waals surface area contributed by atoms with Gasteiger partial charge in [0.25, 0.3) is 0 Å². The van der Waals surface area contributed by atoms with E-state index in [0.717, 1.165) is 0 Å². The lowest BCUT2D eigenvalue weighted by Gasteiger charge is -2.04. The van der Waals surface area contributed by atoms with Gasteiger partial charge in [0, 0.05) is 19.0 Å². The Balaban J connectivity index is 2.63. The van der Waals surface area contributed by atoms with Gasteiger partial charge in [-0.2, -0.15) is 0 Å². The molecule has 0 saturated carbocycles. The minimum absolute atomic E-state index is 0.0187. The summed E-state index contributed by atoms with van der Waals surface area (Å²) in [5.41, 5.74) is 5.52. The highest BCUT2D eigenvalue weighted by atomic mass is 16.1. The molecule has 0 aliphatic carbocycles. The molecule has 1 rings (SSSR count). The number of nitrogens with two attached hydrogens (primary N) is 1. The van der Waals surface area contributed by atoms with Gasteiger partial charge in [0.1, 0.15) is 5.70 Å². The monoisotopic (exact) mass is 139 g/mol. The molecule has 0 aromatic carbocycles. The average molecular weight is 139 g/mol. The van der Waals surface area contributed by atoms with Gasteiger partial charge in [0.2, 0.25) is 0 Å². The van der Waals surface area contributed by atoms with E-state index in [0.29, 0.717) is 12.2 Å². The predicted octanol–water partition coefficient (Wildman–Crippen LogP) is -0.970. The Kier molecular flexibility index (Phi) is 2.17. The fraction of sp³-hybridized carbons (Fsp3) is 0.333. The van der Waals surface area contributed by atoms with Crippen LogP contribution in [0, 0.1) is 0 Å². The third kappa shape index (κ3) is 1.41. The topological polar surface area (TPSA) is 67.5 Å². The van der Waals surface area contributed by atoms with Crippen LogP contribution in [0.2, 0.25) is 0 Å². The largest absolute Gasteiger partial charge is 0.384 e. The molecule has 1 aliphatic heterocycles. The van der Waals surface area contributed by atoms with Crippen LogP contribution < -0.4 is 11.1 Å². The highest BCUT2D eigenvalue weighted by molar-refractivity contribution is 5.98. The van der Waals surface area contributed by atoms with Crippen molar-refractivity contribution < 1.29 is 4.79 Å². The van der Waals surface area contributed by atoms with Crippen LogP contribution in [0.4, 0.5) is 0 Å². The van der Waals surface area contributed by atoms with E-state index in [4.69, 9.17) is 5.73 Å². The maximum atomic E-state index is 10.8. The molecule has 0 bridgehead atoms. The number of nitrogens with zero attached hydrogens (tertiary/aromatic N) is 1. The lowest BCUT2D eigenvalue weighted by Crippen LogP contribution is -2.21. The summed E-state index contributed by atoms with van der Waals surface area (Å²) < 4.78 is 0. The Morgan fingerprint density at radius 3 is 3.20 bits per heavy atom. The van der Waals surface area contributed by atoms with E-state index in [2.05, 4.69) is 10.3 Å². The van der Waals surface area contributed by atoms with Crippen molar-refractivity contribution in [2.75, 3.05) is 13.1 Å². The molecule has 0 spiro atoms. The van der Waals surface area contributed by atoms with Gasteiger partial charge in [-0.15, -0.1) is 0 Å². The number of Topliss-reactive ketones (excluding diaryl/α,β-unsaturated/α-hetero) is 1. The van der Waals surface area contributed by atoms with Crippen LogP contribution in [-0.4, -0.2) is 25.1 Å². The Morgan fingerprint density at radius 2 is 2.70 bits per heavy atom. The van der Waals surface area contributed by atoms with Gasteiger partial charge >= 0.3 is 0 Å². The van der Waals surface area contributed by atoms with Crippen molar-refractivity contribution in [3.63, 3.8) is 0 Å². The summed E-state index contributed by atoms with van der Waals surface area (Å²) in [6.07, 6.45) is 3.22. The van der Waals surface area contributed by atoms with Crippen molar-refractivity contribution in [1.29, 1.82) is 0 Å². The summed E-state index contributed by atoms with van der Waals surface area (Å²) in [4.78, 5) is 14.7. The third-order valence-electron chi connectivity index (χ3n) is 1.15. The molecule has 54 valence electrons. The van der Waals surface area contributed by atoms with E-state index < -0.39 is 0 Å². The van der Waals surface area contributed by atoms with Crippen LogP contribution in [0.5, 0.6) is 0 Å². The highest BCUT2D eigenvalue weighted by Gasteiger charge is 2.05. The molecule has 0 aromatic heterocycles. The van der Waals surface area contributed by atoms with Gasteiger partial charge in [-0.1, -0.05) is 0 Å². The molecule has 0 atom stereocenters. The van der Waals surface area contributed by atoms with Gasteiger partial charge in [-0.05, 0) is 0 Å². The molecule has 0 amide bonds. The molecule has 4 nitrogen and oxygen atoms in total. The molecule has 0 unspecified atom stereocenters. The van der Waals surface area contributed by atoms with Gasteiger partial charge in [-0.3, -0.25) is 9.79 Å². The summed E-state index contributed by atoms with van der Waals surface area (Å²) in [5, 5.41) is 2.86. The standard InChI is InChI=1S/C6H9N3O/c7-3-6(10)5-4-8-1-2-9-5/h2,4,8H,1,3,7H2. The molecule has 0 radical (unpaired) electrons. The molecule has 10 heavy (non-hydrogen) atoms. The maximum Gasteiger partial charge on any atom is 0.196 e. The lowest BCUT2D eigenvalue weighted by molar-refractivity contribution is -0.114. The number of ketones is 1. The van der Waals surface area contributed by atoms with E-state index in [-0.39, 0.29) is 12.3 Å². The summed E-state index contributed by atoms with van der Waals surface area (Å²) in [6, 6.07) is 0. The SMILES string of the molecule is NCC(=O)C1=CNCC=N1. The molecule has 4 heteroatoms. The lowest BCUT2D eigenvalue weighted by atomic mass is 10.3. The van der Waals surface area contributed by atoms with Crippen LogP contribution in [0.25, 0.3) is 0 Å². The fourth-order valence-corrected chi connectivity index (χ4v) is 0.647. The van der Waals surface area contributed by atoms with E-state index in [1.54, 1.807) is 12.4 Å². The van der Waals surface area contributed by atoms with Crippen LogP contribution in [0.15, 0.2) is 16.9 Å². The molecule has 0 aromatic rings. The normalized spacial score (nSPS) is 15.9.